The van der Waals surface area contributed by atoms with Crippen LogP contribution in [0.25, 0.3) is 11.3 Å². The minimum Gasteiger partial charge on any atom is -0.487 e. The van der Waals surface area contributed by atoms with E-state index in [1.54, 1.807) is 12.1 Å². The van der Waals surface area contributed by atoms with Crippen LogP contribution in [0.5, 0.6) is 5.75 Å². The highest BCUT2D eigenvalue weighted by molar-refractivity contribution is 7.17. The highest BCUT2D eigenvalue weighted by Gasteiger charge is 2.20. The lowest BCUT2D eigenvalue weighted by Gasteiger charge is -2.05. The number of carbonyl (C=O) groups excluding carboxylic acids is 1. The van der Waals surface area contributed by atoms with Crippen molar-refractivity contribution in [2.75, 3.05) is 19.1 Å². The summed E-state index contributed by atoms with van der Waals surface area (Å²) in [4.78, 5) is 27.7. The summed E-state index contributed by atoms with van der Waals surface area (Å²) in [5, 5.41) is 15.8. The van der Waals surface area contributed by atoms with E-state index >= 15 is 0 Å². The molecular formula is C21H20N4O5S. The van der Waals surface area contributed by atoms with E-state index in [1.807, 2.05) is 37.3 Å². The zero-order chi connectivity index (χ0) is 22.2. The number of anilines is 1. The molecule has 0 amide bonds. The van der Waals surface area contributed by atoms with Crippen LogP contribution in [-0.2, 0) is 4.74 Å². The molecule has 0 aliphatic carbocycles. The second kappa shape index (κ2) is 10.3. The van der Waals surface area contributed by atoms with Gasteiger partial charge in [-0.05, 0) is 18.6 Å². The number of nitrogens with zero attached hydrogens (tertiary/aromatic N) is 3. The zero-order valence-electron chi connectivity index (χ0n) is 16.9. The van der Waals surface area contributed by atoms with Crippen molar-refractivity contribution in [1.82, 2.24) is 4.98 Å². The predicted molar refractivity (Wildman–Crippen MR) is 119 cm³/mol. The third-order valence-electron chi connectivity index (χ3n) is 4.06. The standard InChI is InChI=1S/C21H20N4O5S/c1-3-11-30-17-10-9-14(12-16(17)25(27)28)13-22-24-21-23-18(15-7-5-4-6-8-15)19(31-21)20(26)29-2/h4-10,12-13H,3,11H2,1-2H3,(H,23,24)/b22-13-. The number of rotatable bonds is 9. The van der Waals surface area contributed by atoms with Crippen LogP contribution in [-0.4, -0.2) is 35.8 Å². The van der Waals surface area contributed by atoms with Crippen LogP contribution in [0.4, 0.5) is 10.8 Å². The lowest BCUT2D eigenvalue weighted by molar-refractivity contribution is -0.385. The van der Waals surface area contributed by atoms with Gasteiger partial charge in [0.25, 0.3) is 0 Å². The Hall–Kier alpha value is -3.79. The third kappa shape index (κ3) is 5.43. The fraction of sp³-hybridized carbons (Fsp3) is 0.190. The monoisotopic (exact) mass is 440 g/mol. The first-order valence-corrected chi connectivity index (χ1v) is 10.2. The van der Waals surface area contributed by atoms with Crippen molar-refractivity contribution in [1.29, 1.82) is 0 Å². The van der Waals surface area contributed by atoms with E-state index < -0.39 is 10.9 Å². The molecule has 0 spiro atoms. The molecule has 0 radical (unpaired) electrons. The van der Waals surface area contributed by atoms with Crippen molar-refractivity contribution < 1.29 is 19.2 Å². The van der Waals surface area contributed by atoms with Gasteiger partial charge in [-0.3, -0.25) is 15.5 Å². The molecule has 1 heterocycles. The minimum absolute atomic E-state index is 0.133. The molecule has 9 nitrogen and oxygen atoms in total. The fourth-order valence-corrected chi connectivity index (χ4v) is 3.50. The number of esters is 1. The Morgan fingerprint density at radius 3 is 2.74 bits per heavy atom. The Labute approximate surface area is 182 Å². The van der Waals surface area contributed by atoms with Crippen LogP contribution in [0.2, 0.25) is 0 Å². The summed E-state index contributed by atoms with van der Waals surface area (Å²) in [5.41, 5.74) is 4.41. The number of aromatic nitrogens is 1. The number of ether oxygens (including phenoxy) is 2. The number of nitro groups is 1. The lowest BCUT2D eigenvalue weighted by Crippen LogP contribution is -2.00. The van der Waals surface area contributed by atoms with Crippen LogP contribution in [0.15, 0.2) is 53.6 Å². The molecule has 1 aromatic heterocycles. The zero-order valence-corrected chi connectivity index (χ0v) is 17.7. The molecule has 0 unspecified atom stereocenters. The molecule has 0 atom stereocenters. The van der Waals surface area contributed by atoms with Crippen LogP contribution in [0.1, 0.15) is 28.6 Å². The van der Waals surface area contributed by atoms with E-state index in [0.717, 1.165) is 23.3 Å². The molecule has 0 fully saturated rings. The van der Waals surface area contributed by atoms with Gasteiger partial charge in [-0.2, -0.15) is 5.10 Å². The molecular weight excluding hydrogens is 420 g/mol. The first-order chi connectivity index (χ1) is 15.0. The number of methoxy groups -OCH3 is 1. The van der Waals surface area contributed by atoms with Crippen molar-refractivity contribution >= 4 is 34.3 Å². The minimum atomic E-state index is -0.495. The summed E-state index contributed by atoms with van der Waals surface area (Å²) in [5.74, 6) is -0.279. The topological polar surface area (TPSA) is 116 Å². The van der Waals surface area contributed by atoms with Gasteiger partial charge in [-0.25, -0.2) is 9.78 Å². The van der Waals surface area contributed by atoms with E-state index in [4.69, 9.17) is 9.47 Å². The molecule has 0 aliphatic rings. The predicted octanol–water partition coefficient (Wildman–Crippen LogP) is 4.74. The van der Waals surface area contributed by atoms with E-state index in [2.05, 4.69) is 15.5 Å². The molecule has 1 N–H and O–H groups in total. The number of nitro benzene ring substituents is 1. The molecule has 2 aromatic carbocycles. The van der Waals surface area contributed by atoms with Crippen molar-refractivity contribution in [3.05, 3.63) is 69.1 Å². The Bertz CT molecular complexity index is 1100. The van der Waals surface area contributed by atoms with Gasteiger partial charge in [0.1, 0.15) is 4.88 Å². The van der Waals surface area contributed by atoms with Crippen molar-refractivity contribution in [2.24, 2.45) is 5.10 Å². The molecule has 31 heavy (non-hydrogen) atoms. The average molecular weight is 440 g/mol. The van der Waals surface area contributed by atoms with Gasteiger partial charge in [0.05, 0.1) is 30.5 Å². The Morgan fingerprint density at radius 2 is 2.06 bits per heavy atom. The first kappa shape index (κ1) is 21.9. The lowest BCUT2D eigenvalue weighted by atomic mass is 10.1. The van der Waals surface area contributed by atoms with E-state index in [1.165, 1.54) is 19.4 Å². The van der Waals surface area contributed by atoms with Crippen LogP contribution < -0.4 is 10.2 Å². The summed E-state index contributed by atoms with van der Waals surface area (Å²) in [6.07, 6.45) is 2.18. The van der Waals surface area contributed by atoms with E-state index in [9.17, 15) is 14.9 Å². The maximum atomic E-state index is 12.1. The van der Waals surface area contributed by atoms with Gasteiger partial charge in [0, 0.05) is 17.2 Å². The number of benzene rings is 2. The van der Waals surface area contributed by atoms with Gasteiger partial charge in [0.2, 0.25) is 5.13 Å². The van der Waals surface area contributed by atoms with Crippen molar-refractivity contribution in [3.8, 4) is 17.0 Å². The van der Waals surface area contributed by atoms with Gasteiger partial charge in [0.15, 0.2) is 5.75 Å². The molecule has 0 saturated heterocycles. The van der Waals surface area contributed by atoms with E-state index in [0.29, 0.717) is 27.9 Å². The normalized spacial score (nSPS) is 10.8. The molecule has 3 rings (SSSR count). The van der Waals surface area contributed by atoms with Gasteiger partial charge >= 0.3 is 11.7 Å². The Kier molecular flexibility index (Phi) is 7.28. The summed E-state index contributed by atoms with van der Waals surface area (Å²) < 4.78 is 10.3. The second-order valence-electron chi connectivity index (χ2n) is 6.26. The smallest absolute Gasteiger partial charge is 0.350 e. The highest BCUT2D eigenvalue weighted by Crippen LogP contribution is 2.32. The fourth-order valence-electron chi connectivity index (χ4n) is 2.64. The maximum absolute atomic E-state index is 12.1. The number of hydrogen-bond donors (Lipinski definition) is 1. The summed E-state index contributed by atoms with van der Waals surface area (Å²) in [6.45, 7) is 2.32. The number of hydrazone groups is 1. The molecule has 10 heteroatoms. The molecule has 0 aliphatic heterocycles. The Balaban J connectivity index is 1.81. The quantitative estimate of drug-likeness (QED) is 0.221. The van der Waals surface area contributed by atoms with Crippen LogP contribution in [0.3, 0.4) is 0 Å². The third-order valence-corrected chi connectivity index (χ3v) is 5.00. The maximum Gasteiger partial charge on any atom is 0.350 e. The van der Waals surface area contributed by atoms with Crippen molar-refractivity contribution in [3.63, 3.8) is 0 Å². The van der Waals surface area contributed by atoms with Crippen molar-refractivity contribution in [2.45, 2.75) is 13.3 Å². The first-order valence-electron chi connectivity index (χ1n) is 9.38. The average Bonchev–Trinajstić information content (AvgIpc) is 3.22. The summed E-state index contributed by atoms with van der Waals surface area (Å²) in [6, 6.07) is 13.8. The number of nitrogens with one attached hydrogen (secondary N) is 1. The number of thiazole rings is 1. The highest BCUT2D eigenvalue weighted by atomic mass is 32.1. The van der Waals surface area contributed by atoms with Crippen LogP contribution in [0, 0.1) is 10.1 Å². The second-order valence-corrected chi connectivity index (χ2v) is 7.26. The number of hydrogen-bond acceptors (Lipinski definition) is 9. The molecule has 3 aromatic rings. The molecule has 0 bridgehead atoms. The van der Waals surface area contributed by atoms with Gasteiger partial charge < -0.3 is 9.47 Å². The summed E-state index contributed by atoms with van der Waals surface area (Å²) in [7, 11) is 1.31. The van der Waals surface area contributed by atoms with E-state index in [-0.39, 0.29) is 11.4 Å². The summed E-state index contributed by atoms with van der Waals surface area (Å²) >= 11 is 1.10. The Morgan fingerprint density at radius 1 is 1.29 bits per heavy atom. The van der Waals surface area contributed by atoms with Gasteiger partial charge in [-0.15, -0.1) is 0 Å². The SMILES string of the molecule is CCCOc1ccc(/C=N\Nc2nc(-c3ccccc3)c(C(=O)OC)s2)cc1[N+](=O)[O-]. The number of carbonyl (C=O) groups is 1. The molecule has 0 saturated carbocycles. The largest absolute Gasteiger partial charge is 0.487 e. The molecule has 160 valence electrons. The van der Waals surface area contributed by atoms with Gasteiger partial charge in [-0.1, -0.05) is 48.6 Å². The van der Waals surface area contributed by atoms with Crippen LogP contribution >= 0.6 is 11.3 Å².